The van der Waals surface area contributed by atoms with Gasteiger partial charge in [-0.1, -0.05) is 36.4 Å². The third kappa shape index (κ3) is 7.19. The van der Waals surface area contributed by atoms with E-state index in [-0.39, 0.29) is 42.1 Å². The van der Waals surface area contributed by atoms with Gasteiger partial charge in [0.15, 0.2) is 5.58 Å². The van der Waals surface area contributed by atoms with Crippen molar-refractivity contribution in [1.82, 2.24) is 19.6 Å². The molecule has 3 heterocycles. The van der Waals surface area contributed by atoms with Crippen LogP contribution in [0.2, 0.25) is 0 Å². The Morgan fingerprint density at radius 3 is 2.71 bits per heavy atom. The molecule has 12 nitrogen and oxygen atoms in total. The minimum atomic E-state index is -4.19. The Labute approximate surface area is 237 Å². The van der Waals surface area contributed by atoms with Gasteiger partial charge in [-0.25, -0.2) is 13.2 Å². The summed E-state index contributed by atoms with van der Waals surface area (Å²) in [7, 11) is -4.19. The number of rotatable bonds is 11. The zero-order valence-corrected chi connectivity index (χ0v) is 22.9. The minimum Gasteiger partial charge on any atom is -0.444 e. The van der Waals surface area contributed by atoms with Gasteiger partial charge in [0.05, 0.1) is 42.5 Å². The average molecular weight is 582 g/mol. The van der Waals surface area contributed by atoms with Crippen LogP contribution >= 0.6 is 0 Å². The van der Waals surface area contributed by atoms with Gasteiger partial charge in [-0.2, -0.15) is 9.29 Å². The fourth-order valence-corrected chi connectivity index (χ4v) is 6.03. The van der Waals surface area contributed by atoms with Crippen LogP contribution in [-0.2, 0) is 32.5 Å². The highest BCUT2D eigenvalue weighted by atomic mass is 32.2. The molecule has 41 heavy (non-hydrogen) atoms. The van der Waals surface area contributed by atoms with Crippen LogP contribution < -0.4 is 11.1 Å². The number of fused-ring (bicyclic) bond motifs is 1. The van der Waals surface area contributed by atoms with Crippen LogP contribution in [0.15, 0.2) is 82.2 Å². The quantitative estimate of drug-likeness (QED) is 0.239. The molecule has 0 bridgehead atoms. The largest absolute Gasteiger partial charge is 0.444 e. The molecule has 4 N–H and O–H groups in total. The normalized spacial score (nSPS) is 17.0. The van der Waals surface area contributed by atoms with E-state index < -0.39 is 28.3 Å². The molecule has 1 saturated heterocycles. The van der Waals surface area contributed by atoms with Crippen LogP contribution in [0, 0.1) is 0 Å². The molecule has 3 unspecified atom stereocenters. The van der Waals surface area contributed by atoms with Crippen molar-refractivity contribution >= 4 is 33.2 Å². The van der Waals surface area contributed by atoms with Crippen molar-refractivity contribution in [2.24, 2.45) is 0 Å². The van der Waals surface area contributed by atoms with Gasteiger partial charge >= 0.3 is 6.09 Å². The first-order valence-corrected chi connectivity index (χ1v) is 14.5. The van der Waals surface area contributed by atoms with Gasteiger partial charge in [0.2, 0.25) is 10.0 Å². The van der Waals surface area contributed by atoms with Crippen molar-refractivity contribution in [3.63, 3.8) is 0 Å². The van der Waals surface area contributed by atoms with E-state index in [2.05, 4.69) is 15.3 Å². The van der Waals surface area contributed by atoms with Crippen molar-refractivity contribution in [2.45, 2.75) is 42.5 Å². The summed E-state index contributed by atoms with van der Waals surface area (Å²) in [5, 5.41) is 14.2. The molecule has 0 radical (unpaired) electrons. The van der Waals surface area contributed by atoms with E-state index in [0.29, 0.717) is 30.8 Å². The summed E-state index contributed by atoms with van der Waals surface area (Å²) < 4.78 is 45.0. The molecule has 1 amide bonds. The number of aliphatic hydroxyl groups is 1. The molecule has 13 heteroatoms. The lowest BCUT2D eigenvalue weighted by molar-refractivity contribution is 0.0645. The third-order valence-electron chi connectivity index (χ3n) is 6.70. The van der Waals surface area contributed by atoms with Crippen molar-refractivity contribution in [2.75, 3.05) is 25.5 Å². The Morgan fingerprint density at radius 2 is 1.98 bits per heavy atom. The van der Waals surface area contributed by atoms with E-state index in [4.69, 9.17) is 19.6 Å². The van der Waals surface area contributed by atoms with Crippen LogP contribution in [-0.4, -0.2) is 71.9 Å². The first-order chi connectivity index (χ1) is 19.8. The molecular formula is C28H31N5O7S. The fraction of sp³-hybridized carbons (Fsp3) is 0.321. The molecule has 1 aliphatic rings. The molecule has 5 rings (SSSR count). The lowest BCUT2D eigenvalue weighted by atomic mass is 10.0. The Balaban J connectivity index is 1.42. The Hall–Kier alpha value is -4.04. The van der Waals surface area contributed by atoms with Gasteiger partial charge in [0.25, 0.3) is 6.01 Å². The van der Waals surface area contributed by atoms with Crippen LogP contribution in [0.4, 0.5) is 10.8 Å². The average Bonchev–Trinajstić information content (AvgIpc) is 3.61. The number of pyridine rings is 1. The number of nitrogens with zero attached hydrogens (tertiary/aromatic N) is 3. The second-order valence-corrected chi connectivity index (χ2v) is 11.6. The van der Waals surface area contributed by atoms with E-state index in [0.717, 1.165) is 9.87 Å². The van der Waals surface area contributed by atoms with Gasteiger partial charge in [-0.05, 0) is 36.2 Å². The van der Waals surface area contributed by atoms with Crippen LogP contribution in [0.25, 0.3) is 11.1 Å². The number of ether oxygens (including phenoxy) is 2. The number of nitrogens with two attached hydrogens (primary N) is 1. The minimum absolute atomic E-state index is 0.0718. The molecule has 2 aromatic heterocycles. The van der Waals surface area contributed by atoms with E-state index >= 15 is 0 Å². The number of carbonyl (C=O) groups is 1. The number of hydrogen-bond acceptors (Lipinski definition) is 10. The Bertz CT molecular complexity index is 1560. The number of amides is 1. The van der Waals surface area contributed by atoms with E-state index in [1.807, 2.05) is 30.3 Å². The second kappa shape index (κ2) is 12.6. The summed E-state index contributed by atoms with van der Waals surface area (Å²) in [4.78, 5) is 21.0. The Morgan fingerprint density at radius 1 is 1.17 bits per heavy atom. The maximum atomic E-state index is 13.9. The molecule has 216 valence electrons. The summed E-state index contributed by atoms with van der Waals surface area (Å²) in [5.41, 5.74) is 7.57. The number of hydrogen-bond donors (Lipinski definition) is 3. The lowest BCUT2D eigenvalue weighted by Gasteiger charge is -2.29. The molecular weight excluding hydrogens is 550 g/mol. The monoisotopic (exact) mass is 581 g/mol. The number of aliphatic hydroxyl groups excluding tert-OH is 1. The highest BCUT2D eigenvalue weighted by Crippen LogP contribution is 2.25. The number of oxazole rings is 1. The van der Waals surface area contributed by atoms with E-state index in [1.165, 1.54) is 18.2 Å². The molecule has 4 aromatic rings. The summed E-state index contributed by atoms with van der Waals surface area (Å²) in [6.07, 6.45) is -0.0396. The number of nitrogen functional groups attached to an aromatic ring is 1. The van der Waals surface area contributed by atoms with E-state index in [9.17, 15) is 18.3 Å². The molecule has 0 spiro atoms. The molecule has 2 aromatic carbocycles. The van der Waals surface area contributed by atoms with Crippen molar-refractivity contribution < 1.29 is 32.2 Å². The van der Waals surface area contributed by atoms with Crippen LogP contribution in [0.3, 0.4) is 0 Å². The second-order valence-electron chi connectivity index (χ2n) is 9.70. The first-order valence-electron chi connectivity index (χ1n) is 13.1. The summed E-state index contributed by atoms with van der Waals surface area (Å²) >= 11 is 0. The lowest BCUT2D eigenvalue weighted by Crippen LogP contribution is -2.51. The molecule has 1 aliphatic heterocycles. The molecule has 0 aliphatic carbocycles. The number of anilines is 1. The summed E-state index contributed by atoms with van der Waals surface area (Å²) in [6.45, 7) is 0.329. The van der Waals surface area contributed by atoms with Gasteiger partial charge in [-0.15, -0.1) is 0 Å². The highest BCUT2D eigenvalue weighted by Gasteiger charge is 2.32. The van der Waals surface area contributed by atoms with E-state index in [1.54, 1.807) is 24.4 Å². The van der Waals surface area contributed by atoms with Crippen molar-refractivity contribution in [3.05, 3.63) is 84.2 Å². The highest BCUT2D eigenvalue weighted by molar-refractivity contribution is 7.89. The zero-order chi connectivity index (χ0) is 28.8. The van der Waals surface area contributed by atoms with Gasteiger partial charge in [-0.3, -0.25) is 4.98 Å². The van der Waals surface area contributed by atoms with Gasteiger partial charge < -0.3 is 30.0 Å². The number of nitrogens with one attached hydrogen (secondary N) is 1. The van der Waals surface area contributed by atoms with Crippen LogP contribution in [0.5, 0.6) is 0 Å². The first kappa shape index (κ1) is 28.5. The fourth-order valence-electron chi connectivity index (χ4n) is 4.58. The zero-order valence-electron chi connectivity index (χ0n) is 22.1. The van der Waals surface area contributed by atoms with Gasteiger partial charge in [0, 0.05) is 25.2 Å². The number of aromatic nitrogens is 2. The van der Waals surface area contributed by atoms with Crippen molar-refractivity contribution in [1.29, 1.82) is 0 Å². The third-order valence-corrected chi connectivity index (χ3v) is 8.50. The summed E-state index contributed by atoms with van der Waals surface area (Å²) in [5.74, 6) is 0. The summed E-state index contributed by atoms with van der Waals surface area (Å²) in [6, 6.07) is 17.7. The topological polar surface area (TPSA) is 170 Å². The molecule has 0 saturated carbocycles. The number of carbonyl (C=O) groups excluding carboxylic acids is 1. The standard InChI is InChI=1S/C28H31N5O7S/c29-27-31-23-10-9-22(15-26(23)40-27)41(36,37)33(16-20-8-4-5-12-30-20)17-25(34)24(14-19-6-2-1-3-7-19)32-28(35)39-21-11-13-38-18-21/h1-10,12,15,21,24-25,34H,11,13-14,16-18H2,(H2,29,31)(H,32,35). The molecule has 1 fully saturated rings. The van der Waals surface area contributed by atoms with Crippen LogP contribution in [0.1, 0.15) is 17.7 Å². The maximum Gasteiger partial charge on any atom is 0.407 e. The smallest absolute Gasteiger partial charge is 0.407 e. The predicted octanol–water partition coefficient (Wildman–Crippen LogP) is 2.48. The molecule has 3 atom stereocenters. The SMILES string of the molecule is Nc1nc2ccc(S(=O)(=O)N(Cc3ccccn3)CC(O)C(Cc3ccccc3)NC(=O)OC3CCOC3)cc2o1. The predicted molar refractivity (Wildman–Crippen MR) is 149 cm³/mol. The van der Waals surface area contributed by atoms with Crippen molar-refractivity contribution in [3.8, 4) is 0 Å². The van der Waals surface area contributed by atoms with Gasteiger partial charge in [0.1, 0.15) is 11.6 Å². The Kier molecular flexibility index (Phi) is 8.78. The maximum absolute atomic E-state index is 13.9. The number of sulfonamides is 1. The number of alkyl carbamates (subject to hydrolysis) is 1. The number of benzene rings is 2.